The van der Waals surface area contributed by atoms with Crippen molar-refractivity contribution in [3.8, 4) is 0 Å². The third-order valence-corrected chi connectivity index (χ3v) is 6.19. The lowest BCUT2D eigenvalue weighted by molar-refractivity contribution is 0.339. The van der Waals surface area contributed by atoms with Gasteiger partial charge in [-0.25, -0.2) is 0 Å². The highest BCUT2D eigenvalue weighted by atomic mass is 14.3. The fourth-order valence-corrected chi connectivity index (χ4v) is 3.95. The van der Waals surface area contributed by atoms with Gasteiger partial charge in [0.2, 0.25) is 0 Å². The van der Waals surface area contributed by atoms with E-state index in [1.54, 1.807) is 0 Å². The van der Waals surface area contributed by atoms with Crippen molar-refractivity contribution >= 4 is 0 Å². The Balaban J connectivity index is 2.11. The van der Waals surface area contributed by atoms with E-state index in [1.807, 2.05) is 0 Å². The topological polar surface area (TPSA) is 0 Å². The number of hydrogen-bond acceptors (Lipinski definition) is 0. The molecule has 0 radical (unpaired) electrons. The van der Waals surface area contributed by atoms with Crippen LogP contribution < -0.4 is 0 Å². The summed E-state index contributed by atoms with van der Waals surface area (Å²) in [6.45, 7) is 15.9. The molecule has 0 heterocycles. The largest absolute Gasteiger partial charge is 0.0617 e. The molecule has 0 aromatic heterocycles. The quantitative estimate of drug-likeness (QED) is 0.409. The highest BCUT2D eigenvalue weighted by Gasteiger charge is 2.23. The van der Waals surface area contributed by atoms with E-state index < -0.39 is 0 Å². The highest BCUT2D eigenvalue weighted by molar-refractivity contribution is 5.48. The second kappa shape index (κ2) is 7.95. The van der Waals surface area contributed by atoms with Crippen LogP contribution >= 0.6 is 0 Å². The molecular weight excluding hydrogens is 336 g/mol. The maximum atomic E-state index is 2.36. The molecule has 0 fully saturated rings. The molecule has 0 spiro atoms. The molecule has 0 saturated carbocycles. The molecule has 0 N–H and O–H groups in total. The molecule has 0 amide bonds. The molecule has 0 heteroatoms. The third kappa shape index (κ3) is 4.38. The van der Waals surface area contributed by atoms with Gasteiger partial charge in [-0.2, -0.15) is 0 Å². The van der Waals surface area contributed by atoms with E-state index in [4.69, 9.17) is 0 Å². The van der Waals surface area contributed by atoms with E-state index in [0.29, 0.717) is 5.92 Å². The van der Waals surface area contributed by atoms with E-state index >= 15 is 0 Å². The summed E-state index contributed by atoms with van der Waals surface area (Å²) in [7, 11) is 0. The van der Waals surface area contributed by atoms with Crippen LogP contribution in [0.15, 0.2) is 66.7 Å². The standard InChI is InChI=1S/C28H34/c1-19-9-8-10-25(17-19)27(26-18-20(2)11-12-21(26)3)24-15-13-23(14-16-24)22(4)28(5,6)7/h8-18,22,27H,1-7H3. The lowest BCUT2D eigenvalue weighted by atomic mass is 9.76. The molecule has 146 valence electrons. The van der Waals surface area contributed by atoms with E-state index in [1.165, 1.54) is 38.9 Å². The van der Waals surface area contributed by atoms with Gasteiger partial charge >= 0.3 is 0 Å². The van der Waals surface area contributed by atoms with Gasteiger partial charge in [-0.1, -0.05) is 106 Å². The van der Waals surface area contributed by atoms with Crippen molar-refractivity contribution in [2.45, 2.75) is 60.3 Å². The zero-order valence-corrected chi connectivity index (χ0v) is 18.5. The van der Waals surface area contributed by atoms with Crippen molar-refractivity contribution in [3.05, 3.63) is 106 Å². The summed E-state index contributed by atoms with van der Waals surface area (Å²) in [6.07, 6.45) is 0. The maximum Gasteiger partial charge on any atom is 0.0342 e. The van der Waals surface area contributed by atoms with Crippen LogP contribution in [0.25, 0.3) is 0 Å². The normalized spacial score (nSPS) is 14.0. The lowest BCUT2D eigenvalue weighted by Crippen LogP contribution is -2.15. The monoisotopic (exact) mass is 370 g/mol. The molecule has 3 rings (SSSR count). The van der Waals surface area contributed by atoms with Crippen LogP contribution in [0, 0.1) is 26.2 Å². The molecule has 0 saturated heterocycles. The van der Waals surface area contributed by atoms with Gasteiger partial charge in [-0.3, -0.25) is 0 Å². The van der Waals surface area contributed by atoms with Crippen LogP contribution in [0.1, 0.15) is 78.5 Å². The minimum Gasteiger partial charge on any atom is -0.0617 e. The lowest BCUT2D eigenvalue weighted by Gasteiger charge is -2.28. The Morgan fingerprint density at radius 2 is 1.25 bits per heavy atom. The van der Waals surface area contributed by atoms with E-state index in [9.17, 15) is 0 Å². The van der Waals surface area contributed by atoms with Gasteiger partial charge in [0.05, 0.1) is 0 Å². The Bertz CT molecular complexity index is 939. The van der Waals surface area contributed by atoms with Gasteiger partial charge in [0.15, 0.2) is 0 Å². The molecule has 0 bridgehead atoms. The van der Waals surface area contributed by atoms with Gasteiger partial charge in [0.1, 0.15) is 0 Å². The SMILES string of the molecule is Cc1cccc(C(c2ccc(C(C)C(C)(C)C)cc2)c2cc(C)ccc2C)c1. The van der Waals surface area contributed by atoms with Gasteiger partial charge in [0.25, 0.3) is 0 Å². The summed E-state index contributed by atoms with van der Waals surface area (Å²) in [4.78, 5) is 0. The molecule has 0 nitrogen and oxygen atoms in total. The minimum atomic E-state index is 0.263. The summed E-state index contributed by atoms with van der Waals surface area (Å²) in [5.41, 5.74) is 9.80. The van der Waals surface area contributed by atoms with E-state index in [0.717, 1.165) is 0 Å². The zero-order valence-electron chi connectivity index (χ0n) is 18.5. The Labute approximate surface area is 171 Å². The van der Waals surface area contributed by atoms with Gasteiger partial charge in [0, 0.05) is 5.92 Å². The van der Waals surface area contributed by atoms with E-state index in [-0.39, 0.29) is 11.3 Å². The van der Waals surface area contributed by atoms with Crippen LogP contribution in [0.5, 0.6) is 0 Å². The molecule has 2 atom stereocenters. The number of hydrogen-bond donors (Lipinski definition) is 0. The van der Waals surface area contributed by atoms with E-state index in [2.05, 4.69) is 115 Å². The summed E-state index contributed by atoms with van der Waals surface area (Å²) in [5, 5.41) is 0. The number of rotatable bonds is 4. The predicted molar refractivity (Wildman–Crippen MR) is 122 cm³/mol. The summed E-state index contributed by atoms with van der Waals surface area (Å²) in [6, 6.07) is 25.1. The Kier molecular flexibility index (Phi) is 5.79. The maximum absolute atomic E-state index is 2.36. The molecule has 0 aliphatic rings. The summed E-state index contributed by atoms with van der Waals surface area (Å²) < 4.78 is 0. The summed E-state index contributed by atoms with van der Waals surface area (Å²) in [5.74, 6) is 0.790. The number of aryl methyl sites for hydroxylation is 3. The van der Waals surface area contributed by atoms with Crippen LogP contribution in [0.3, 0.4) is 0 Å². The van der Waals surface area contributed by atoms with Crippen LogP contribution in [0.4, 0.5) is 0 Å². The molecule has 0 aliphatic heterocycles. The van der Waals surface area contributed by atoms with Crippen molar-refractivity contribution in [1.29, 1.82) is 0 Å². The predicted octanol–water partition coefficient (Wildman–Crippen LogP) is 7.94. The van der Waals surface area contributed by atoms with Crippen LogP contribution in [-0.2, 0) is 0 Å². The Morgan fingerprint density at radius 3 is 1.86 bits per heavy atom. The zero-order chi connectivity index (χ0) is 20.5. The highest BCUT2D eigenvalue weighted by Crippen LogP contribution is 2.38. The van der Waals surface area contributed by atoms with Crippen molar-refractivity contribution in [2.24, 2.45) is 5.41 Å². The van der Waals surface area contributed by atoms with Crippen molar-refractivity contribution in [2.75, 3.05) is 0 Å². The minimum absolute atomic E-state index is 0.263. The average Bonchev–Trinajstić information content (AvgIpc) is 2.64. The first-order chi connectivity index (χ1) is 13.2. The second-order valence-electron chi connectivity index (χ2n) is 9.46. The Morgan fingerprint density at radius 1 is 0.643 bits per heavy atom. The third-order valence-electron chi connectivity index (χ3n) is 6.19. The number of benzene rings is 3. The first-order valence-corrected chi connectivity index (χ1v) is 10.4. The fourth-order valence-electron chi connectivity index (χ4n) is 3.95. The van der Waals surface area contributed by atoms with Crippen molar-refractivity contribution in [3.63, 3.8) is 0 Å². The first kappa shape index (κ1) is 20.4. The Hall–Kier alpha value is -2.34. The summed E-state index contributed by atoms with van der Waals surface area (Å²) >= 11 is 0. The van der Waals surface area contributed by atoms with Crippen molar-refractivity contribution in [1.82, 2.24) is 0 Å². The molecule has 3 aromatic carbocycles. The smallest absolute Gasteiger partial charge is 0.0342 e. The van der Waals surface area contributed by atoms with Crippen LogP contribution in [0.2, 0.25) is 0 Å². The van der Waals surface area contributed by atoms with Crippen molar-refractivity contribution < 1.29 is 0 Å². The average molecular weight is 371 g/mol. The van der Waals surface area contributed by atoms with Gasteiger partial charge in [-0.15, -0.1) is 0 Å². The second-order valence-corrected chi connectivity index (χ2v) is 9.46. The molecular formula is C28H34. The molecule has 28 heavy (non-hydrogen) atoms. The fraction of sp³-hybridized carbons (Fsp3) is 0.357. The van der Waals surface area contributed by atoms with Crippen LogP contribution in [-0.4, -0.2) is 0 Å². The molecule has 3 aromatic rings. The first-order valence-electron chi connectivity index (χ1n) is 10.4. The molecule has 2 unspecified atom stereocenters. The van der Waals surface area contributed by atoms with Gasteiger partial charge < -0.3 is 0 Å². The molecule has 0 aliphatic carbocycles. The van der Waals surface area contributed by atoms with Gasteiger partial charge in [-0.05, 0) is 59.9 Å².